The number of carbonyl (C=O) groups is 1. The van der Waals surface area contributed by atoms with Gasteiger partial charge in [-0.1, -0.05) is 28.1 Å². The lowest BCUT2D eigenvalue weighted by Crippen LogP contribution is -2.26. The molecule has 100 valence electrons. The summed E-state index contributed by atoms with van der Waals surface area (Å²) in [6, 6.07) is 16.3. The van der Waals surface area contributed by atoms with Gasteiger partial charge in [0, 0.05) is 10.0 Å². The second-order valence-electron chi connectivity index (χ2n) is 4.44. The van der Waals surface area contributed by atoms with Crippen LogP contribution in [0.1, 0.15) is 34.5 Å². The lowest BCUT2D eigenvalue weighted by molar-refractivity contribution is 0.0940. The first kappa shape index (κ1) is 14.3. The largest absolute Gasteiger partial charge is 0.346 e. The minimum Gasteiger partial charge on any atom is -0.346 e. The van der Waals surface area contributed by atoms with Gasteiger partial charge in [0.1, 0.15) is 0 Å². The number of halogens is 1. The maximum Gasteiger partial charge on any atom is 0.251 e. The molecule has 1 atom stereocenters. The molecule has 0 fully saturated rings. The van der Waals surface area contributed by atoms with Gasteiger partial charge in [-0.3, -0.25) is 4.79 Å². The molecule has 20 heavy (non-hydrogen) atoms. The van der Waals surface area contributed by atoms with Crippen LogP contribution in [0.25, 0.3) is 0 Å². The molecular weight excluding hydrogens is 316 g/mol. The van der Waals surface area contributed by atoms with Gasteiger partial charge in [-0.15, -0.1) is 0 Å². The molecule has 2 aromatic rings. The van der Waals surface area contributed by atoms with Crippen LogP contribution < -0.4 is 5.32 Å². The topological polar surface area (TPSA) is 52.9 Å². The molecule has 0 aliphatic heterocycles. The van der Waals surface area contributed by atoms with Crippen molar-refractivity contribution in [1.29, 1.82) is 5.26 Å². The van der Waals surface area contributed by atoms with Crippen molar-refractivity contribution in [3.8, 4) is 6.07 Å². The van der Waals surface area contributed by atoms with E-state index >= 15 is 0 Å². The van der Waals surface area contributed by atoms with E-state index in [1.165, 1.54) is 0 Å². The Kier molecular flexibility index (Phi) is 4.54. The molecule has 0 spiro atoms. The van der Waals surface area contributed by atoms with Crippen molar-refractivity contribution < 1.29 is 4.79 Å². The van der Waals surface area contributed by atoms with Crippen molar-refractivity contribution in [2.45, 2.75) is 13.0 Å². The number of nitriles is 1. The van der Waals surface area contributed by atoms with Gasteiger partial charge in [0.05, 0.1) is 17.7 Å². The fraction of sp³-hybridized carbons (Fsp3) is 0.125. The summed E-state index contributed by atoms with van der Waals surface area (Å²) in [5, 5.41) is 11.7. The molecule has 2 aromatic carbocycles. The second kappa shape index (κ2) is 6.36. The lowest BCUT2D eigenvalue weighted by Gasteiger charge is -2.14. The van der Waals surface area contributed by atoms with Gasteiger partial charge >= 0.3 is 0 Å². The van der Waals surface area contributed by atoms with Crippen LogP contribution in [-0.2, 0) is 0 Å². The Hall–Kier alpha value is -2.12. The van der Waals surface area contributed by atoms with E-state index in [1.54, 1.807) is 24.3 Å². The molecule has 2 rings (SSSR count). The van der Waals surface area contributed by atoms with Gasteiger partial charge in [-0.25, -0.2) is 0 Å². The van der Waals surface area contributed by atoms with Crippen LogP contribution in [0.5, 0.6) is 0 Å². The molecule has 0 aliphatic carbocycles. The lowest BCUT2D eigenvalue weighted by atomic mass is 10.1. The van der Waals surface area contributed by atoms with Crippen molar-refractivity contribution in [2.75, 3.05) is 0 Å². The number of amides is 1. The van der Waals surface area contributed by atoms with Gasteiger partial charge in [0.25, 0.3) is 5.91 Å². The Labute approximate surface area is 126 Å². The van der Waals surface area contributed by atoms with E-state index < -0.39 is 0 Å². The first-order valence-electron chi connectivity index (χ1n) is 6.16. The third kappa shape index (κ3) is 3.46. The Morgan fingerprint density at radius 1 is 1.25 bits per heavy atom. The summed E-state index contributed by atoms with van der Waals surface area (Å²) in [5.74, 6) is -0.151. The van der Waals surface area contributed by atoms with Crippen molar-refractivity contribution in [2.24, 2.45) is 0 Å². The van der Waals surface area contributed by atoms with Crippen LogP contribution in [-0.4, -0.2) is 5.91 Å². The summed E-state index contributed by atoms with van der Waals surface area (Å²) in [6.07, 6.45) is 0. The summed E-state index contributed by atoms with van der Waals surface area (Å²) in [4.78, 5) is 12.1. The Bertz CT molecular complexity index is 659. The van der Waals surface area contributed by atoms with Crippen LogP contribution in [0.15, 0.2) is 53.0 Å². The number of nitrogens with one attached hydrogen (secondary N) is 1. The quantitative estimate of drug-likeness (QED) is 0.931. The summed E-state index contributed by atoms with van der Waals surface area (Å²) < 4.78 is 0.981. The number of benzene rings is 2. The third-order valence-electron chi connectivity index (χ3n) is 2.97. The highest BCUT2D eigenvalue weighted by Crippen LogP contribution is 2.18. The molecule has 1 unspecified atom stereocenters. The summed E-state index contributed by atoms with van der Waals surface area (Å²) in [6.45, 7) is 1.93. The average molecular weight is 329 g/mol. The van der Waals surface area contributed by atoms with Crippen LogP contribution in [0.3, 0.4) is 0 Å². The Morgan fingerprint density at radius 2 is 1.95 bits per heavy atom. The van der Waals surface area contributed by atoms with Crippen molar-refractivity contribution >= 4 is 21.8 Å². The molecule has 0 bridgehead atoms. The van der Waals surface area contributed by atoms with E-state index in [9.17, 15) is 4.79 Å². The zero-order valence-electron chi connectivity index (χ0n) is 10.9. The predicted molar refractivity (Wildman–Crippen MR) is 81.2 cm³/mol. The molecule has 0 aliphatic rings. The standard InChI is InChI=1S/C16H13BrN2O/c1-11(14-3-2-4-15(17)9-14)19-16(20)13-7-5-12(10-18)6-8-13/h2-9,11H,1H3,(H,19,20). The monoisotopic (exact) mass is 328 g/mol. The molecule has 4 heteroatoms. The van der Waals surface area contributed by atoms with Crippen LogP contribution in [0.4, 0.5) is 0 Å². The maximum absolute atomic E-state index is 12.1. The zero-order valence-corrected chi connectivity index (χ0v) is 12.5. The number of nitrogens with zero attached hydrogens (tertiary/aromatic N) is 1. The van der Waals surface area contributed by atoms with Crippen molar-refractivity contribution in [3.63, 3.8) is 0 Å². The van der Waals surface area contributed by atoms with Gasteiger partial charge in [-0.05, 0) is 48.9 Å². The van der Waals surface area contributed by atoms with E-state index in [-0.39, 0.29) is 11.9 Å². The highest BCUT2D eigenvalue weighted by atomic mass is 79.9. The highest BCUT2D eigenvalue weighted by Gasteiger charge is 2.11. The smallest absolute Gasteiger partial charge is 0.251 e. The molecule has 0 heterocycles. The number of rotatable bonds is 3. The van der Waals surface area contributed by atoms with E-state index in [1.807, 2.05) is 37.3 Å². The van der Waals surface area contributed by atoms with Crippen LogP contribution in [0.2, 0.25) is 0 Å². The Morgan fingerprint density at radius 3 is 2.55 bits per heavy atom. The fourth-order valence-electron chi connectivity index (χ4n) is 1.84. The normalized spacial score (nSPS) is 11.4. The second-order valence-corrected chi connectivity index (χ2v) is 5.35. The minimum atomic E-state index is -0.151. The first-order valence-corrected chi connectivity index (χ1v) is 6.96. The molecule has 0 aromatic heterocycles. The first-order chi connectivity index (χ1) is 9.60. The summed E-state index contributed by atoms with van der Waals surface area (Å²) in [7, 11) is 0. The van der Waals surface area contributed by atoms with Gasteiger partial charge in [-0.2, -0.15) is 5.26 Å². The number of hydrogen-bond donors (Lipinski definition) is 1. The summed E-state index contributed by atoms with van der Waals surface area (Å²) in [5.41, 5.74) is 2.12. The van der Waals surface area contributed by atoms with Crippen molar-refractivity contribution in [1.82, 2.24) is 5.32 Å². The van der Waals surface area contributed by atoms with E-state index in [0.29, 0.717) is 11.1 Å². The minimum absolute atomic E-state index is 0.0874. The molecule has 0 saturated carbocycles. The molecule has 1 N–H and O–H groups in total. The Balaban J connectivity index is 2.09. The maximum atomic E-state index is 12.1. The van der Waals surface area contributed by atoms with E-state index in [2.05, 4.69) is 21.2 Å². The average Bonchev–Trinajstić information content (AvgIpc) is 2.47. The van der Waals surface area contributed by atoms with Crippen LogP contribution in [0, 0.1) is 11.3 Å². The van der Waals surface area contributed by atoms with E-state index in [0.717, 1.165) is 10.0 Å². The number of hydrogen-bond acceptors (Lipinski definition) is 2. The predicted octanol–water partition coefficient (Wildman–Crippen LogP) is 3.81. The molecule has 0 radical (unpaired) electrons. The molecule has 3 nitrogen and oxygen atoms in total. The fourth-order valence-corrected chi connectivity index (χ4v) is 2.25. The molecule has 0 saturated heterocycles. The highest BCUT2D eigenvalue weighted by molar-refractivity contribution is 9.10. The van der Waals surface area contributed by atoms with Crippen molar-refractivity contribution in [3.05, 3.63) is 69.7 Å². The van der Waals surface area contributed by atoms with Gasteiger partial charge in [0.15, 0.2) is 0 Å². The van der Waals surface area contributed by atoms with Gasteiger partial charge < -0.3 is 5.32 Å². The van der Waals surface area contributed by atoms with Gasteiger partial charge in [0.2, 0.25) is 0 Å². The SMILES string of the molecule is CC(NC(=O)c1ccc(C#N)cc1)c1cccc(Br)c1. The summed E-state index contributed by atoms with van der Waals surface area (Å²) >= 11 is 3.41. The van der Waals surface area contributed by atoms with E-state index in [4.69, 9.17) is 5.26 Å². The molecule has 1 amide bonds. The third-order valence-corrected chi connectivity index (χ3v) is 3.47. The zero-order chi connectivity index (χ0) is 14.5. The van der Waals surface area contributed by atoms with Crippen LogP contribution >= 0.6 is 15.9 Å². The molecular formula is C16H13BrN2O. The number of carbonyl (C=O) groups excluding carboxylic acids is 1.